The topological polar surface area (TPSA) is 84.1 Å². The molecule has 0 spiro atoms. The van der Waals surface area contributed by atoms with Crippen LogP contribution in [-0.2, 0) is 4.79 Å². The van der Waals surface area contributed by atoms with Crippen LogP contribution in [0.3, 0.4) is 0 Å². The largest absolute Gasteiger partial charge is 0.368 e. The van der Waals surface area contributed by atoms with E-state index in [-0.39, 0.29) is 11.9 Å². The van der Waals surface area contributed by atoms with Crippen LogP contribution in [0.25, 0.3) is 10.2 Å². The number of fused-ring (bicyclic) bond motifs is 1. The monoisotopic (exact) mass is 305 g/mol. The molecule has 2 aromatic heterocycles. The Hall–Kier alpha value is -1.89. The molecule has 1 amide bonds. The SMILES string of the molecule is CCCNc1nc(N2CCCC2C(N)=O)c2ccsc2n1. The Morgan fingerprint density at radius 1 is 1.57 bits per heavy atom. The highest BCUT2D eigenvalue weighted by Crippen LogP contribution is 2.33. The molecular weight excluding hydrogens is 286 g/mol. The number of nitrogens with two attached hydrogens (primary N) is 1. The van der Waals surface area contributed by atoms with Gasteiger partial charge in [0.05, 0.1) is 5.39 Å². The third kappa shape index (κ3) is 2.65. The highest BCUT2D eigenvalue weighted by molar-refractivity contribution is 7.16. The van der Waals surface area contributed by atoms with Crippen molar-refractivity contribution in [3.05, 3.63) is 11.4 Å². The number of hydrogen-bond acceptors (Lipinski definition) is 6. The van der Waals surface area contributed by atoms with Gasteiger partial charge >= 0.3 is 0 Å². The second-order valence-electron chi connectivity index (χ2n) is 5.19. The van der Waals surface area contributed by atoms with Crippen molar-refractivity contribution in [2.45, 2.75) is 32.2 Å². The highest BCUT2D eigenvalue weighted by Gasteiger charge is 2.31. The van der Waals surface area contributed by atoms with Gasteiger partial charge in [-0.2, -0.15) is 4.98 Å². The summed E-state index contributed by atoms with van der Waals surface area (Å²) >= 11 is 1.58. The van der Waals surface area contributed by atoms with E-state index in [1.165, 1.54) is 0 Å². The van der Waals surface area contributed by atoms with Crippen molar-refractivity contribution >= 4 is 39.2 Å². The molecular formula is C14H19N5OS. The van der Waals surface area contributed by atoms with E-state index in [1.807, 2.05) is 16.3 Å². The van der Waals surface area contributed by atoms with Gasteiger partial charge in [0.15, 0.2) is 0 Å². The Labute approximate surface area is 127 Å². The fourth-order valence-electron chi connectivity index (χ4n) is 2.69. The van der Waals surface area contributed by atoms with E-state index in [4.69, 9.17) is 5.73 Å². The Balaban J connectivity index is 2.03. The smallest absolute Gasteiger partial charge is 0.240 e. The molecule has 0 saturated carbocycles. The summed E-state index contributed by atoms with van der Waals surface area (Å²) in [7, 11) is 0. The van der Waals surface area contributed by atoms with Crippen LogP contribution in [0.2, 0.25) is 0 Å². The van der Waals surface area contributed by atoms with Crippen LogP contribution < -0.4 is 16.0 Å². The van der Waals surface area contributed by atoms with Crippen LogP contribution in [0.4, 0.5) is 11.8 Å². The number of hydrogen-bond donors (Lipinski definition) is 2. The van der Waals surface area contributed by atoms with Gasteiger partial charge in [0.25, 0.3) is 0 Å². The molecule has 0 aliphatic carbocycles. The standard InChI is InChI=1S/C14H19N5OS/c1-2-6-16-14-17-12(9-5-8-21-13(9)18-14)19-7-3-4-10(19)11(15)20/h5,8,10H,2-4,6-7H2,1H3,(H2,15,20)(H,16,17,18). The Morgan fingerprint density at radius 3 is 3.19 bits per heavy atom. The van der Waals surface area contributed by atoms with E-state index < -0.39 is 0 Å². The maximum absolute atomic E-state index is 11.6. The van der Waals surface area contributed by atoms with E-state index in [2.05, 4.69) is 22.2 Å². The lowest BCUT2D eigenvalue weighted by Gasteiger charge is -2.24. The summed E-state index contributed by atoms with van der Waals surface area (Å²) < 4.78 is 0. The number of nitrogens with zero attached hydrogens (tertiary/aromatic N) is 3. The van der Waals surface area contributed by atoms with Gasteiger partial charge in [0.1, 0.15) is 16.7 Å². The molecule has 112 valence electrons. The van der Waals surface area contributed by atoms with Crippen molar-refractivity contribution < 1.29 is 4.79 Å². The van der Waals surface area contributed by atoms with E-state index in [0.717, 1.165) is 48.4 Å². The molecule has 1 fully saturated rings. The molecule has 0 bridgehead atoms. The molecule has 21 heavy (non-hydrogen) atoms. The first-order valence-corrected chi connectivity index (χ1v) is 8.13. The first-order valence-electron chi connectivity index (χ1n) is 7.25. The minimum atomic E-state index is -0.280. The van der Waals surface area contributed by atoms with Crippen LogP contribution >= 0.6 is 11.3 Å². The number of aromatic nitrogens is 2. The van der Waals surface area contributed by atoms with Crippen LogP contribution in [-0.4, -0.2) is 35.0 Å². The average Bonchev–Trinajstić information content (AvgIpc) is 3.12. The van der Waals surface area contributed by atoms with Gasteiger partial charge in [-0.1, -0.05) is 6.92 Å². The van der Waals surface area contributed by atoms with Gasteiger partial charge in [-0.05, 0) is 30.7 Å². The summed E-state index contributed by atoms with van der Waals surface area (Å²) in [6.07, 6.45) is 2.76. The molecule has 3 rings (SSSR count). The first-order chi connectivity index (χ1) is 10.2. The summed E-state index contributed by atoms with van der Waals surface area (Å²) in [4.78, 5) is 23.8. The zero-order valence-electron chi connectivity index (χ0n) is 12.0. The van der Waals surface area contributed by atoms with Gasteiger partial charge < -0.3 is 16.0 Å². The van der Waals surface area contributed by atoms with Gasteiger partial charge in [-0.25, -0.2) is 4.98 Å². The number of amides is 1. The summed E-state index contributed by atoms with van der Waals surface area (Å²) in [5, 5.41) is 6.22. The lowest BCUT2D eigenvalue weighted by Crippen LogP contribution is -2.40. The van der Waals surface area contributed by atoms with E-state index in [9.17, 15) is 4.79 Å². The predicted octanol–water partition coefficient (Wildman–Crippen LogP) is 1.97. The number of nitrogens with one attached hydrogen (secondary N) is 1. The van der Waals surface area contributed by atoms with E-state index in [1.54, 1.807) is 11.3 Å². The van der Waals surface area contributed by atoms with Gasteiger partial charge in [0, 0.05) is 13.1 Å². The summed E-state index contributed by atoms with van der Waals surface area (Å²) in [5.41, 5.74) is 5.53. The van der Waals surface area contributed by atoms with Crippen LogP contribution in [0.15, 0.2) is 11.4 Å². The third-order valence-corrected chi connectivity index (χ3v) is 4.50. The van der Waals surface area contributed by atoms with E-state index in [0.29, 0.717) is 5.95 Å². The fourth-order valence-corrected chi connectivity index (χ4v) is 3.45. The molecule has 3 N–H and O–H groups in total. The van der Waals surface area contributed by atoms with Crippen molar-refractivity contribution in [1.29, 1.82) is 0 Å². The van der Waals surface area contributed by atoms with Gasteiger partial charge in [-0.3, -0.25) is 4.79 Å². The number of anilines is 2. The number of primary amides is 1. The molecule has 0 radical (unpaired) electrons. The maximum Gasteiger partial charge on any atom is 0.240 e. The Morgan fingerprint density at radius 2 is 2.43 bits per heavy atom. The van der Waals surface area contributed by atoms with Crippen LogP contribution in [0.5, 0.6) is 0 Å². The number of carbonyl (C=O) groups excluding carboxylic acids is 1. The fraction of sp³-hybridized carbons (Fsp3) is 0.500. The summed E-state index contributed by atoms with van der Waals surface area (Å²) in [6.45, 7) is 3.74. The zero-order valence-corrected chi connectivity index (χ0v) is 12.8. The van der Waals surface area contributed by atoms with Gasteiger partial charge in [0.2, 0.25) is 11.9 Å². The molecule has 1 aliphatic heterocycles. The molecule has 1 unspecified atom stereocenters. The predicted molar refractivity (Wildman–Crippen MR) is 85.8 cm³/mol. The molecule has 3 heterocycles. The normalized spacial score (nSPS) is 18.3. The second-order valence-corrected chi connectivity index (χ2v) is 6.09. The first kappa shape index (κ1) is 14.1. The van der Waals surface area contributed by atoms with Crippen molar-refractivity contribution in [1.82, 2.24) is 9.97 Å². The Kier molecular flexibility index (Phi) is 3.92. The van der Waals surface area contributed by atoms with Crippen molar-refractivity contribution in [3.63, 3.8) is 0 Å². The quantitative estimate of drug-likeness (QED) is 0.882. The van der Waals surface area contributed by atoms with Crippen molar-refractivity contribution in [2.24, 2.45) is 5.73 Å². The van der Waals surface area contributed by atoms with Crippen LogP contribution in [0, 0.1) is 0 Å². The average molecular weight is 305 g/mol. The molecule has 1 aliphatic rings. The second kappa shape index (κ2) is 5.85. The molecule has 1 atom stereocenters. The molecule has 6 nitrogen and oxygen atoms in total. The number of thiophene rings is 1. The molecule has 7 heteroatoms. The summed E-state index contributed by atoms with van der Waals surface area (Å²) in [5.74, 6) is 1.16. The summed E-state index contributed by atoms with van der Waals surface area (Å²) in [6, 6.07) is 1.75. The number of carbonyl (C=O) groups is 1. The highest BCUT2D eigenvalue weighted by atomic mass is 32.1. The van der Waals surface area contributed by atoms with Crippen molar-refractivity contribution in [3.8, 4) is 0 Å². The molecule has 1 saturated heterocycles. The maximum atomic E-state index is 11.6. The molecule has 2 aromatic rings. The van der Waals surface area contributed by atoms with E-state index >= 15 is 0 Å². The lowest BCUT2D eigenvalue weighted by atomic mass is 10.2. The minimum absolute atomic E-state index is 0.262. The number of rotatable bonds is 5. The molecule has 0 aromatic carbocycles. The Bertz CT molecular complexity index is 656. The van der Waals surface area contributed by atoms with Crippen LogP contribution in [0.1, 0.15) is 26.2 Å². The van der Waals surface area contributed by atoms with Crippen molar-refractivity contribution in [2.75, 3.05) is 23.3 Å². The third-order valence-electron chi connectivity index (χ3n) is 3.69. The zero-order chi connectivity index (χ0) is 14.8. The minimum Gasteiger partial charge on any atom is -0.368 e. The van der Waals surface area contributed by atoms with Gasteiger partial charge in [-0.15, -0.1) is 11.3 Å². The lowest BCUT2D eigenvalue weighted by molar-refractivity contribution is -0.119.